The molecule has 0 amide bonds. The summed E-state index contributed by atoms with van der Waals surface area (Å²) >= 11 is 0. The highest BCUT2D eigenvalue weighted by molar-refractivity contribution is 5.27. The Morgan fingerprint density at radius 1 is 1.25 bits per heavy atom. The molecular weight excluding hydrogens is 200 g/mol. The lowest BCUT2D eigenvalue weighted by Crippen LogP contribution is -2.45. The SMILES string of the molecule is COc1ccc(CC(NN)C(C)(C)C)cc1. The number of hydrogen-bond acceptors (Lipinski definition) is 3. The van der Waals surface area contributed by atoms with Crippen LogP contribution in [0.3, 0.4) is 0 Å². The Labute approximate surface area is 98.0 Å². The number of ether oxygens (including phenoxy) is 1. The van der Waals surface area contributed by atoms with Gasteiger partial charge in [-0.15, -0.1) is 0 Å². The van der Waals surface area contributed by atoms with Gasteiger partial charge < -0.3 is 4.74 Å². The van der Waals surface area contributed by atoms with Gasteiger partial charge in [-0.25, -0.2) is 0 Å². The quantitative estimate of drug-likeness (QED) is 0.606. The highest BCUT2D eigenvalue weighted by Gasteiger charge is 2.23. The molecule has 1 aromatic carbocycles. The van der Waals surface area contributed by atoms with Crippen molar-refractivity contribution in [3.05, 3.63) is 29.8 Å². The summed E-state index contributed by atoms with van der Waals surface area (Å²) in [5.41, 5.74) is 4.30. The summed E-state index contributed by atoms with van der Waals surface area (Å²) in [6.07, 6.45) is 0.921. The fourth-order valence-corrected chi connectivity index (χ4v) is 1.61. The van der Waals surface area contributed by atoms with Crippen LogP contribution >= 0.6 is 0 Å². The summed E-state index contributed by atoms with van der Waals surface area (Å²) in [7, 11) is 1.68. The number of methoxy groups -OCH3 is 1. The second kappa shape index (κ2) is 5.32. The Morgan fingerprint density at radius 2 is 1.81 bits per heavy atom. The second-order valence-corrected chi connectivity index (χ2v) is 5.14. The Balaban J connectivity index is 2.71. The van der Waals surface area contributed by atoms with Gasteiger partial charge in [0.1, 0.15) is 5.75 Å². The van der Waals surface area contributed by atoms with E-state index in [1.54, 1.807) is 7.11 Å². The maximum absolute atomic E-state index is 5.59. The van der Waals surface area contributed by atoms with Crippen LogP contribution in [0, 0.1) is 5.41 Å². The van der Waals surface area contributed by atoms with Crippen LogP contribution in [0.2, 0.25) is 0 Å². The fraction of sp³-hybridized carbons (Fsp3) is 0.538. The third-order valence-corrected chi connectivity index (χ3v) is 2.85. The number of nitrogens with two attached hydrogens (primary N) is 1. The van der Waals surface area contributed by atoms with Gasteiger partial charge in [0.2, 0.25) is 0 Å². The van der Waals surface area contributed by atoms with Crippen molar-refractivity contribution in [3.63, 3.8) is 0 Å². The van der Waals surface area contributed by atoms with Gasteiger partial charge in [-0.3, -0.25) is 11.3 Å². The molecule has 0 aliphatic heterocycles. The smallest absolute Gasteiger partial charge is 0.118 e. The van der Waals surface area contributed by atoms with E-state index in [1.165, 1.54) is 5.56 Å². The molecule has 0 aromatic heterocycles. The van der Waals surface area contributed by atoms with Gasteiger partial charge in [0.25, 0.3) is 0 Å². The van der Waals surface area contributed by atoms with Crippen molar-refractivity contribution in [2.45, 2.75) is 33.2 Å². The largest absolute Gasteiger partial charge is 0.497 e. The van der Waals surface area contributed by atoms with Crippen molar-refractivity contribution >= 4 is 0 Å². The van der Waals surface area contributed by atoms with Crippen molar-refractivity contribution in [3.8, 4) is 5.75 Å². The summed E-state index contributed by atoms with van der Waals surface area (Å²) in [4.78, 5) is 0. The van der Waals surface area contributed by atoms with Gasteiger partial charge in [-0.1, -0.05) is 32.9 Å². The van der Waals surface area contributed by atoms with Gasteiger partial charge in [0, 0.05) is 6.04 Å². The maximum atomic E-state index is 5.59. The Hall–Kier alpha value is -1.06. The van der Waals surface area contributed by atoms with E-state index < -0.39 is 0 Å². The van der Waals surface area contributed by atoms with Crippen LogP contribution in [-0.4, -0.2) is 13.2 Å². The minimum Gasteiger partial charge on any atom is -0.497 e. The van der Waals surface area contributed by atoms with Crippen LogP contribution in [0.15, 0.2) is 24.3 Å². The standard InChI is InChI=1S/C13H22N2O/c1-13(2,3)12(15-14)9-10-5-7-11(16-4)8-6-10/h5-8,12,15H,9,14H2,1-4H3. The molecule has 1 rings (SSSR count). The van der Waals surface area contributed by atoms with E-state index >= 15 is 0 Å². The Bertz CT molecular complexity index is 314. The molecule has 0 bridgehead atoms. The zero-order valence-corrected chi connectivity index (χ0v) is 10.6. The minimum atomic E-state index is 0.147. The molecule has 3 nitrogen and oxygen atoms in total. The third-order valence-electron chi connectivity index (χ3n) is 2.85. The van der Waals surface area contributed by atoms with E-state index in [2.05, 4.69) is 38.3 Å². The first-order valence-corrected chi connectivity index (χ1v) is 5.56. The molecule has 0 aliphatic carbocycles. The van der Waals surface area contributed by atoms with E-state index in [1.807, 2.05) is 12.1 Å². The van der Waals surface area contributed by atoms with Gasteiger partial charge in [-0.05, 0) is 29.5 Å². The predicted octanol–water partition coefficient (Wildman–Crippen LogP) is 2.12. The number of hydrogen-bond donors (Lipinski definition) is 2. The predicted molar refractivity (Wildman–Crippen MR) is 67.3 cm³/mol. The normalized spacial score (nSPS) is 13.6. The zero-order chi connectivity index (χ0) is 12.2. The summed E-state index contributed by atoms with van der Waals surface area (Å²) in [6.45, 7) is 6.54. The number of rotatable bonds is 4. The molecule has 0 fully saturated rings. The number of benzene rings is 1. The molecule has 16 heavy (non-hydrogen) atoms. The monoisotopic (exact) mass is 222 g/mol. The van der Waals surface area contributed by atoms with Crippen LogP contribution in [0.4, 0.5) is 0 Å². The molecule has 0 aliphatic rings. The molecule has 0 spiro atoms. The van der Waals surface area contributed by atoms with Crippen molar-refractivity contribution in [2.24, 2.45) is 11.3 Å². The van der Waals surface area contributed by atoms with Crippen LogP contribution in [-0.2, 0) is 6.42 Å². The highest BCUT2D eigenvalue weighted by Crippen LogP contribution is 2.22. The van der Waals surface area contributed by atoms with Crippen molar-refractivity contribution in [1.82, 2.24) is 5.43 Å². The molecule has 1 aromatic rings. The zero-order valence-electron chi connectivity index (χ0n) is 10.6. The maximum Gasteiger partial charge on any atom is 0.118 e. The van der Waals surface area contributed by atoms with Crippen LogP contribution in [0.25, 0.3) is 0 Å². The number of hydrazine groups is 1. The molecule has 3 N–H and O–H groups in total. The third kappa shape index (κ3) is 3.51. The molecule has 0 saturated heterocycles. The van der Waals surface area contributed by atoms with Crippen molar-refractivity contribution in [2.75, 3.05) is 7.11 Å². The van der Waals surface area contributed by atoms with E-state index in [4.69, 9.17) is 10.6 Å². The first-order valence-electron chi connectivity index (χ1n) is 5.56. The Morgan fingerprint density at radius 3 is 2.19 bits per heavy atom. The van der Waals surface area contributed by atoms with E-state index in [-0.39, 0.29) is 11.5 Å². The summed E-state index contributed by atoms with van der Waals surface area (Å²) in [6, 6.07) is 8.38. The lowest BCUT2D eigenvalue weighted by Gasteiger charge is -2.30. The summed E-state index contributed by atoms with van der Waals surface area (Å²) in [5.74, 6) is 6.47. The summed E-state index contributed by atoms with van der Waals surface area (Å²) in [5, 5.41) is 0. The van der Waals surface area contributed by atoms with Crippen molar-refractivity contribution in [1.29, 1.82) is 0 Å². The molecule has 1 unspecified atom stereocenters. The van der Waals surface area contributed by atoms with Crippen LogP contribution in [0.5, 0.6) is 5.75 Å². The molecule has 0 radical (unpaired) electrons. The van der Waals surface area contributed by atoms with E-state index in [0.29, 0.717) is 0 Å². The van der Waals surface area contributed by atoms with Gasteiger partial charge in [0.15, 0.2) is 0 Å². The molecule has 3 heteroatoms. The molecule has 0 heterocycles. The Kier molecular flexibility index (Phi) is 4.33. The van der Waals surface area contributed by atoms with Gasteiger partial charge in [-0.2, -0.15) is 0 Å². The van der Waals surface area contributed by atoms with Crippen LogP contribution < -0.4 is 16.0 Å². The van der Waals surface area contributed by atoms with Crippen LogP contribution in [0.1, 0.15) is 26.3 Å². The lowest BCUT2D eigenvalue weighted by atomic mass is 9.83. The number of nitrogens with one attached hydrogen (secondary N) is 1. The first-order chi connectivity index (χ1) is 7.47. The lowest BCUT2D eigenvalue weighted by molar-refractivity contribution is 0.269. The summed E-state index contributed by atoms with van der Waals surface area (Å²) < 4.78 is 5.13. The first kappa shape index (κ1) is 13.0. The van der Waals surface area contributed by atoms with E-state index in [9.17, 15) is 0 Å². The fourth-order valence-electron chi connectivity index (χ4n) is 1.61. The van der Waals surface area contributed by atoms with Gasteiger partial charge >= 0.3 is 0 Å². The molecular formula is C13H22N2O. The topological polar surface area (TPSA) is 47.3 Å². The molecule has 0 saturated carbocycles. The van der Waals surface area contributed by atoms with Crippen molar-refractivity contribution < 1.29 is 4.74 Å². The molecule has 90 valence electrons. The minimum absolute atomic E-state index is 0.147. The average molecular weight is 222 g/mol. The highest BCUT2D eigenvalue weighted by atomic mass is 16.5. The average Bonchev–Trinajstić information content (AvgIpc) is 2.25. The van der Waals surface area contributed by atoms with E-state index in [0.717, 1.165) is 12.2 Å². The van der Waals surface area contributed by atoms with Gasteiger partial charge in [0.05, 0.1) is 7.11 Å². The molecule has 1 atom stereocenters. The second-order valence-electron chi connectivity index (χ2n) is 5.14.